The number of nitro groups is 1. The summed E-state index contributed by atoms with van der Waals surface area (Å²) in [6.07, 6.45) is 1.62. The van der Waals surface area contributed by atoms with Gasteiger partial charge in [0, 0.05) is 11.1 Å². The molecule has 0 amide bonds. The summed E-state index contributed by atoms with van der Waals surface area (Å²) in [5.74, 6) is 0.367. The zero-order valence-electron chi connectivity index (χ0n) is 8.06. The van der Waals surface area contributed by atoms with E-state index in [0.29, 0.717) is 11.6 Å². The monoisotopic (exact) mass is 197 g/mol. The maximum Gasteiger partial charge on any atom is 0.237 e. The molecule has 0 saturated heterocycles. The second-order valence-electron chi connectivity index (χ2n) is 2.81. The van der Waals surface area contributed by atoms with E-state index in [4.69, 9.17) is 4.74 Å². The predicted octanol–water partition coefficient (Wildman–Crippen LogP) is 0.749. The minimum Gasteiger partial charge on any atom is -0.469 e. The molecule has 0 N–H and O–H groups in total. The summed E-state index contributed by atoms with van der Waals surface area (Å²) in [6, 6.07) is 0. The van der Waals surface area contributed by atoms with Gasteiger partial charge in [-0.15, -0.1) is 0 Å². The van der Waals surface area contributed by atoms with Crippen molar-refractivity contribution < 1.29 is 9.66 Å². The molecule has 76 valence electrons. The zero-order chi connectivity index (χ0) is 10.6. The minimum atomic E-state index is -0.432. The van der Waals surface area contributed by atoms with Gasteiger partial charge in [0.15, 0.2) is 6.61 Å². The van der Waals surface area contributed by atoms with E-state index in [9.17, 15) is 10.1 Å². The highest BCUT2D eigenvalue weighted by Gasteiger charge is 2.04. The van der Waals surface area contributed by atoms with Crippen molar-refractivity contribution >= 4 is 0 Å². The molecule has 0 bridgehead atoms. The molecule has 0 aliphatic rings. The third kappa shape index (κ3) is 2.96. The Morgan fingerprint density at radius 3 is 2.93 bits per heavy atom. The van der Waals surface area contributed by atoms with Crippen molar-refractivity contribution in [3.63, 3.8) is 0 Å². The van der Waals surface area contributed by atoms with Gasteiger partial charge >= 0.3 is 0 Å². The van der Waals surface area contributed by atoms with Crippen LogP contribution in [0.5, 0.6) is 5.88 Å². The summed E-state index contributed by atoms with van der Waals surface area (Å²) >= 11 is 0. The lowest BCUT2D eigenvalue weighted by atomic mass is 10.4. The first-order valence-electron chi connectivity index (χ1n) is 4.14. The number of rotatable bonds is 4. The Hall–Kier alpha value is -1.72. The van der Waals surface area contributed by atoms with Crippen LogP contribution in [0.3, 0.4) is 0 Å². The van der Waals surface area contributed by atoms with Gasteiger partial charge < -0.3 is 4.74 Å². The van der Waals surface area contributed by atoms with Crippen LogP contribution in [0.15, 0.2) is 6.20 Å². The highest BCUT2D eigenvalue weighted by molar-refractivity contribution is 5.17. The van der Waals surface area contributed by atoms with Crippen LogP contribution in [0.2, 0.25) is 0 Å². The van der Waals surface area contributed by atoms with Gasteiger partial charge in [0.05, 0.1) is 11.4 Å². The molecule has 0 atom stereocenters. The summed E-state index contributed by atoms with van der Waals surface area (Å²) in [4.78, 5) is 17.7. The second kappa shape index (κ2) is 4.50. The fourth-order valence-electron chi connectivity index (χ4n) is 0.869. The summed E-state index contributed by atoms with van der Waals surface area (Å²) in [5.41, 5.74) is 1.37. The lowest BCUT2D eigenvalue weighted by Crippen LogP contribution is -2.12. The number of aromatic nitrogens is 2. The van der Waals surface area contributed by atoms with E-state index in [0.717, 1.165) is 5.69 Å². The second-order valence-corrected chi connectivity index (χ2v) is 2.81. The number of ether oxygens (including phenoxy) is 1. The molecule has 1 aromatic heterocycles. The van der Waals surface area contributed by atoms with E-state index in [1.165, 1.54) is 0 Å². The highest BCUT2D eigenvalue weighted by atomic mass is 16.6. The van der Waals surface area contributed by atoms with Gasteiger partial charge in [-0.2, -0.15) is 0 Å². The van der Waals surface area contributed by atoms with E-state index in [1.807, 2.05) is 0 Å². The Morgan fingerprint density at radius 2 is 2.29 bits per heavy atom. The molecule has 0 radical (unpaired) electrons. The molecule has 1 rings (SSSR count). The van der Waals surface area contributed by atoms with Crippen molar-refractivity contribution in [3.8, 4) is 5.88 Å². The van der Waals surface area contributed by atoms with Gasteiger partial charge in [0.2, 0.25) is 12.4 Å². The predicted molar refractivity (Wildman–Crippen MR) is 48.9 cm³/mol. The van der Waals surface area contributed by atoms with Crippen molar-refractivity contribution in [3.05, 3.63) is 27.7 Å². The van der Waals surface area contributed by atoms with Crippen LogP contribution in [0, 0.1) is 24.0 Å². The van der Waals surface area contributed by atoms with Gasteiger partial charge in [0.25, 0.3) is 0 Å². The summed E-state index contributed by atoms with van der Waals surface area (Å²) in [5, 5.41) is 10.0. The summed E-state index contributed by atoms with van der Waals surface area (Å²) in [6.45, 7) is 3.32. The molecular formula is C8H11N3O3. The Balaban J connectivity index is 2.57. The summed E-state index contributed by atoms with van der Waals surface area (Å²) < 4.78 is 5.11. The zero-order valence-corrected chi connectivity index (χ0v) is 8.06. The van der Waals surface area contributed by atoms with E-state index in [1.54, 1.807) is 20.0 Å². The number of aryl methyl sites for hydroxylation is 2. The van der Waals surface area contributed by atoms with Crippen LogP contribution in [0.1, 0.15) is 11.4 Å². The van der Waals surface area contributed by atoms with Crippen LogP contribution < -0.4 is 4.74 Å². The number of hydrogen-bond donors (Lipinski definition) is 0. The average Bonchev–Trinajstić information content (AvgIpc) is 2.10. The van der Waals surface area contributed by atoms with Crippen molar-refractivity contribution in [2.24, 2.45) is 0 Å². The van der Waals surface area contributed by atoms with Gasteiger partial charge in [-0.05, 0) is 13.8 Å². The van der Waals surface area contributed by atoms with Gasteiger partial charge in [-0.3, -0.25) is 15.1 Å². The third-order valence-electron chi connectivity index (χ3n) is 1.55. The van der Waals surface area contributed by atoms with Crippen molar-refractivity contribution in [1.82, 2.24) is 9.97 Å². The van der Waals surface area contributed by atoms with Crippen LogP contribution >= 0.6 is 0 Å². The topological polar surface area (TPSA) is 78.2 Å². The number of nitrogens with zero attached hydrogens (tertiary/aromatic N) is 3. The fourth-order valence-corrected chi connectivity index (χ4v) is 0.869. The SMILES string of the molecule is Cc1cnc(C)c(OCC[N+](=O)[O-])n1. The maximum absolute atomic E-state index is 10.0. The Labute approximate surface area is 81.1 Å². The molecule has 1 heterocycles. The highest BCUT2D eigenvalue weighted by Crippen LogP contribution is 2.10. The maximum atomic E-state index is 10.0. The van der Waals surface area contributed by atoms with E-state index in [-0.39, 0.29) is 13.2 Å². The molecule has 14 heavy (non-hydrogen) atoms. The number of hydrogen-bond acceptors (Lipinski definition) is 5. The van der Waals surface area contributed by atoms with Gasteiger partial charge in [-0.1, -0.05) is 0 Å². The molecule has 0 aliphatic carbocycles. The molecule has 0 unspecified atom stereocenters. The normalized spacial score (nSPS) is 9.86. The fraction of sp³-hybridized carbons (Fsp3) is 0.500. The molecule has 0 saturated carbocycles. The smallest absolute Gasteiger partial charge is 0.237 e. The van der Waals surface area contributed by atoms with Crippen LogP contribution in [-0.4, -0.2) is 28.0 Å². The van der Waals surface area contributed by atoms with E-state index < -0.39 is 4.92 Å². The van der Waals surface area contributed by atoms with Crippen LogP contribution in [-0.2, 0) is 0 Å². The standard InChI is InChI=1S/C8H11N3O3/c1-6-5-9-7(2)8(10-6)14-4-3-11(12)13/h5H,3-4H2,1-2H3. The van der Waals surface area contributed by atoms with Crippen molar-refractivity contribution in [2.45, 2.75) is 13.8 Å². The lowest BCUT2D eigenvalue weighted by Gasteiger charge is -2.05. The van der Waals surface area contributed by atoms with Crippen LogP contribution in [0.4, 0.5) is 0 Å². The molecule has 0 aliphatic heterocycles. The summed E-state index contributed by atoms with van der Waals surface area (Å²) in [7, 11) is 0. The lowest BCUT2D eigenvalue weighted by molar-refractivity contribution is -0.481. The van der Waals surface area contributed by atoms with Crippen LogP contribution in [0.25, 0.3) is 0 Å². The van der Waals surface area contributed by atoms with Gasteiger partial charge in [-0.25, -0.2) is 4.98 Å². The molecule has 0 fully saturated rings. The minimum absolute atomic E-state index is 0.0198. The molecule has 0 spiro atoms. The average molecular weight is 197 g/mol. The Morgan fingerprint density at radius 1 is 1.57 bits per heavy atom. The van der Waals surface area contributed by atoms with Crippen molar-refractivity contribution in [2.75, 3.05) is 13.2 Å². The molecule has 1 aromatic rings. The Bertz CT molecular complexity index is 341. The first-order valence-corrected chi connectivity index (χ1v) is 4.14. The quantitative estimate of drug-likeness (QED) is 0.525. The Kier molecular flexibility index (Phi) is 3.33. The molecule has 6 heteroatoms. The van der Waals surface area contributed by atoms with E-state index >= 15 is 0 Å². The largest absolute Gasteiger partial charge is 0.469 e. The molecular weight excluding hydrogens is 186 g/mol. The van der Waals surface area contributed by atoms with Crippen molar-refractivity contribution in [1.29, 1.82) is 0 Å². The molecule has 6 nitrogen and oxygen atoms in total. The third-order valence-corrected chi connectivity index (χ3v) is 1.55. The van der Waals surface area contributed by atoms with Gasteiger partial charge in [0.1, 0.15) is 0 Å². The first-order chi connectivity index (χ1) is 6.59. The first kappa shape index (κ1) is 10.4. The van der Waals surface area contributed by atoms with E-state index in [2.05, 4.69) is 9.97 Å². The molecule has 0 aromatic carbocycles.